The third-order valence-corrected chi connectivity index (χ3v) is 5.30. The zero-order valence-corrected chi connectivity index (χ0v) is 21.7. The third-order valence-electron chi connectivity index (χ3n) is 5.30. The molecule has 9 heteroatoms. The first-order valence-electron chi connectivity index (χ1n) is 11.7. The number of hydrogen-bond donors (Lipinski definition) is 3. The van der Waals surface area contributed by atoms with E-state index in [0.717, 1.165) is 24.3 Å². The van der Waals surface area contributed by atoms with E-state index >= 15 is 0 Å². The molecular weight excluding hydrogens is 474 g/mol. The first-order chi connectivity index (χ1) is 16.5. The Morgan fingerprint density at radius 3 is 1.72 bits per heavy atom. The molecule has 0 saturated carbocycles. The fourth-order valence-electron chi connectivity index (χ4n) is 3.25. The van der Waals surface area contributed by atoms with Gasteiger partial charge in [-0.2, -0.15) is 5.26 Å². The highest BCUT2D eigenvalue weighted by Gasteiger charge is 2.25. The lowest BCUT2D eigenvalue weighted by molar-refractivity contribution is 0.0581. The van der Waals surface area contributed by atoms with Gasteiger partial charge < -0.3 is 15.5 Å². The lowest BCUT2D eigenvalue weighted by Gasteiger charge is -2.36. The molecule has 2 atom stereocenters. The highest BCUT2D eigenvalue weighted by atomic mass is 19.1. The molecule has 5 nitrogen and oxygen atoms in total. The Bertz CT molecular complexity index is 1010. The summed E-state index contributed by atoms with van der Waals surface area (Å²) in [6, 6.07) is 8.36. The number of β-amino-alcohol motifs (C(OH)–C–C–N with tert-alkyl or cyclic N) is 2. The molecule has 200 valence electrons. The number of aliphatic hydroxyl groups is 2. The zero-order valence-electron chi connectivity index (χ0n) is 21.7. The van der Waals surface area contributed by atoms with Crippen molar-refractivity contribution in [2.45, 2.75) is 71.2 Å². The van der Waals surface area contributed by atoms with Gasteiger partial charge in [-0.15, -0.1) is 0 Å². The van der Waals surface area contributed by atoms with E-state index in [-0.39, 0.29) is 35.3 Å². The van der Waals surface area contributed by atoms with Gasteiger partial charge in [-0.3, -0.25) is 4.90 Å². The van der Waals surface area contributed by atoms with Crippen LogP contribution in [0.15, 0.2) is 36.4 Å². The van der Waals surface area contributed by atoms with E-state index in [2.05, 4.69) is 11.4 Å². The second-order valence-corrected chi connectivity index (χ2v) is 10.5. The van der Waals surface area contributed by atoms with Crippen molar-refractivity contribution >= 4 is 0 Å². The van der Waals surface area contributed by atoms with Crippen LogP contribution in [0.3, 0.4) is 0 Å². The van der Waals surface area contributed by atoms with E-state index in [1.807, 2.05) is 46.4 Å². The van der Waals surface area contributed by atoms with Crippen LogP contribution in [-0.2, 0) is 0 Å². The lowest BCUT2D eigenvalue weighted by atomic mass is 10.0. The summed E-state index contributed by atoms with van der Waals surface area (Å²) in [5.41, 5.74) is -0.234. The van der Waals surface area contributed by atoms with Gasteiger partial charge >= 0.3 is 0 Å². The molecule has 0 unspecified atom stereocenters. The minimum Gasteiger partial charge on any atom is -0.387 e. The molecule has 0 aromatic heterocycles. The first-order valence-corrected chi connectivity index (χ1v) is 11.7. The number of hydrogen-bond acceptors (Lipinski definition) is 5. The van der Waals surface area contributed by atoms with Gasteiger partial charge in [0.1, 0.15) is 23.3 Å². The fraction of sp³-hybridized carbons (Fsp3) is 0.519. The van der Waals surface area contributed by atoms with Crippen LogP contribution >= 0.6 is 0 Å². The highest BCUT2D eigenvalue weighted by Crippen LogP contribution is 2.23. The van der Waals surface area contributed by atoms with E-state index in [4.69, 9.17) is 5.26 Å². The average molecular weight is 512 g/mol. The summed E-state index contributed by atoms with van der Waals surface area (Å²) in [7, 11) is 0. The van der Waals surface area contributed by atoms with E-state index in [1.165, 1.54) is 12.1 Å². The molecule has 2 aromatic carbocycles. The maximum absolute atomic E-state index is 13.6. The monoisotopic (exact) mass is 511 g/mol. The predicted molar refractivity (Wildman–Crippen MR) is 132 cm³/mol. The number of nitrogens with one attached hydrogen (secondary N) is 1. The highest BCUT2D eigenvalue weighted by molar-refractivity contribution is 5.22. The van der Waals surface area contributed by atoms with Gasteiger partial charge in [0, 0.05) is 60.4 Å². The Morgan fingerprint density at radius 1 is 0.861 bits per heavy atom. The molecule has 0 aliphatic heterocycles. The van der Waals surface area contributed by atoms with E-state index in [0.29, 0.717) is 13.0 Å². The fourth-order valence-corrected chi connectivity index (χ4v) is 3.25. The average Bonchev–Trinajstić information content (AvgIpc) is 2.74. The van der Waals surface area contributed by atoms with Crippen molar-refractivity contribution in [3.63, 3.8) is 0 Å². The van der Waals surface area contributed by atoms with Crippen LogP contribution in [0.4, 0.5) is 17.6 Å². The van der Waals surface area contributed by atoms with Crippen molar-refractivity contribution in [2.75, 3.05) is 19.6 Å². The van der Waals surface area contributed by atoms with Crippen LogP contribution in [0.5, 0.6) is 0 Å². The molecule has 2 rings (SSSR count). The maximum atomic E-state index is 13.6. The van der Waals surface area contributed by atoms with Crippen molar-refractivity contribution in [2.24, 2.45) is 0 Å². The summed E-state index contributed by atoms with van der Waals surface area (Å²) < 4.78 is 52.4. The van der Waals surface area contributed by atoms with Gasteiger partial charge in [-0.25, -0.2) is 17.6 Å². The van der Waals surface area contributed by atoms with Gasteiger partial charge in [-0.1, -0.05) is 12.1 Å². The molecule has 0 spiro atoms. The van der Waals surface area contributed by atoms with Crippen molar-refractivity contribution in [1.29, 1.82) is 5.26 Å². The van der Waals surface area contributed by atoms with Crippen molar-refractivity contribution in [3.8, 4) is 6.07 Å². The second-order valence-electron chi connectivity index (χ2n) is 10.5. The maximum Gasteiger partial charge on any atom is 0.131 e. The van der Waals surface area contributed by atoms with Gasteiger partial charge in [0.15, 0.2) is 0 Å². The van der Waals surface area contributed by atoms with E-state index < -0.39 is 35.5 Å². The SMILES string of the molecule is CC(C)(C)N(CCC#N)C[C@@H](O)c1ccc(F)cc1F.CC(C)(C)NC[C@@H](O)c1ccc(F)cc1F. The first kappa shape index (κ1) is 31.5. The third kappa shape index (κ3) is 11.0. The molecule has 0 aliphatic rings. The van der Waals surface area contributed by atoms with Gasteiger partial charge in [-0.05, 0) is 53.7 Å². The minimum absolute atomic E-state index is 0.0672. The van der Waals surface area contributed by atoms with Crippen molar-refractivity contribution in [1.82, 2.24) is 10.2 Å². The molecule has 36 heavy (non-hydrogen) atoms. The minimum atomic E-state index is -1.06. The summed E-state index contributed by atoms with van der Waals surface area (Å²) >= 11 is 0. The van der Waals surface area contributed by atoms with Crippen LogP contribution in [-0.4, -0.2) is 45.8 Å². The van der Waals surface area contributed by atoms with Crippen LogP contribution in [0.2, 0.25) is 0 Å². The van der Waals surface area contributed by atoms with Crippen molar-refractivity contribution < 1.29 is 27.8 Å². The smallest absolute Gasteiger partial charge is 0.131 e. The number of rotatable bonds is 8. The normalized spacial score (nSPS) is 13.6. The largest absolute Gasteiger partial charge is 0.387 e. The Morgan fingerprint density at radius 2 is 1.33 bits per heavy atom. The Labute approximate surface area is 211 Å². The number of halogens is 4. The van der Waals surface area contributed by atoms with E-state index in [1.54, 1.807) is 0 Å². The molecular formula is C27H37F4N3O2. The van der Waals surface area contributed by atoms with Crippen LogP contribution in [0.25, 0.3) is 0 Å². The Kier molecular flexibility index (Phi) is 12.0. The topological polar surface area (TPSA) is 79.5 Å². The van der Waals surface area contributed by atoms with Gasteiger partial charge in [0.25, 0.3) is 0 Å². The van der Waals surface area contributed by atoms with Gasteiger partial charge in [0.2, 0.25) is 0 Å². The lowest BCUT2D eigenvalue weighted by Crippen LogP contribution is -2.44. The zero-order chi connectivity index (χ0) is 27.7. The molecule has 3 N–H and O–H groups in total. The van der Waals surface area contributed by atoms with Gasteiger partial charge in [0.05, 0.1) is 18.3 Å². The summed E-state index contributed by atoms with van der Waals surface area (Å²) in [5, 5.41) is 31.6. The van der Waals surface area contributed by atoms with Crippen LogP contribution in [0, 0.1) is 34.6 Å². The molecule has 2 aromatic rings. The number of nitrogens with zero attached hydrogens (tertiary/aromatic N) is 2. The summed E-state index contributed by atoms with van der Waals surface area (Å²) in [6.07, 6.45) is -1.70. The molecule has 0 radical (unpaired) electrons. The number of benzene rings is 2. The second kappa shape index (κ2) is 13.7. The quantitative estimate of drug-likeness (QED) is 0.414. The van der Waals surface area contributed by atoms with Crippen LogP contribution < -0.4 is 5.32 Å². The molecule has 0 fully saturated rings. The molecule has 0 aliphatic carbocycles. The van der Waals surface area contributed by atoms with E-state index in [9.17, 15) is 27.8 Å². The molecule has 0 heterocycles. The summed E-state index contributed by atoms with van der Waals surface area (Å²) in [6.45, 7) is 12.6. The number of nitriles is 1. The molecule has 0 saturated heterocycles. The predicted octanol–water partition coefficient (Wildman–Crippen LogP) is 5.40. The molecule has 0 bridgehead atoms. The number of aliphatic hydroxyl groups excluding tert-OH is 2. The van der Waals surface area contributed by atoms with Crippen LogP contribution in [0.1, 0.15) is 71.3 Å². The standard InChI is InChI=1S/C15H20F2N2O.C12H17F2NO/c1-15(2,3)19(8-4-7-18)10-14(20)12-6-5-11(16)9-13(12)17;1-12(2,3)15-7-11(16)9-5-4-8(13)6-10(9)14/h5-6,9,14,20H,4,8,10H2,1-3H3;4-6,11,15-16H,7H2,1-3H3/t14-;11-/m11/s1. The Hall–Kier alpha value is -2.51. The van der Waals surface area contributed by atoms with Crippen molar-refractivity contribution in [3.05, 3.63) is 70.8 Å². The molecule has 0 amide bonds. The Balaban J connectivity index is 0.000000369. The summed E-state index contributed by atoms with van der Waals surface area (Å²) in [5.74, 6) is -2.79. The summed E-state index contributed by atoms with van der Waals surface area (Å²) in [4.78, 5) is 1.91.